The second-order valence-corrected chi connectivity index (χ2v) is 14.9. The summed E-state index contributed by atoms with van der Waals surface area (Å²) in [7, 11) is 0. The molecule has 0 atom stereocenters. The summed E-state index contributed by atoms with van der Waals surface area (Å²) < 4.78 is 1.05. The van der Waals surface area contributed by atoms with Gasteiger partial charge in [-0.1, -0.05) is 91.0 Å². The number of pyridine rings is 3. The van der Waals surface area contributed by atoms with E-state index < -0.39 is 0 Å². The number of anilines is 3. The lowest BCUT2D eigenvalue weighted by Gasteiger charge is -2.26. The van der Waals surface area contributed by atoms with Crippen molar-refractivity contribution >= 4 is 81.1 Å². The molecule has 11 rings (SSSR count). The Bertz CT molecular complexity index is 3140. The fraction of sp³-hybridized carbons (Fsp3) is 0. The van der Waals surface area contributed by atoms with Crippen LogP contribution in [-0.2, 0) is 0 Å². The van der Waals surface area contributed by atoms with Crippen molar-refractivity contribution in [3.8, 4) is 33.8 Å². The van der Waals surface area contributed by atoms with Crippen LogP contribution < -0.4 is 4.90 Å². The predicted octanol–water partition coefficient (Wildman–Crippen LogP) is 13.0. The summed E-state index contributed by atoms with van der Waals surface area (Å²) in [5, 5.41) is 7.94. The van der Waals surface area contributed by atoms with Gasteiger partial charge in [0.25, 0.3) is 0 Å². The molecule has 0 aliphatic rings. The topological polar surface area (TPSA) is 67.7 Å². The van der Waals surface area contributed by atoms with Crippen molar-refractivity contribution in [3.63, 3.8) is 0 Å². The molecule has 7 heteroatoms. The van der Waals surface area contributed by atoms with Crippen LogP contribution in [0.25, 0.3) is 86.5 Å². The molecule has 0 radical (unpaired) electrons. The molecule has 56 heavy (non-hydrogen) atoms. The summed E-state index contributed by atoms with van der Waals surface area (Å²) in [5.74, 6) is 0. The van der Waals surface area contributed by atoms with Gasteiger partial charge in [0.1, 0.15) is 11.2 Å². The second kappa shape index (κ2) is 13.2. The SMILES string of the molecule is c1ccc2cc(-c3ccc(N(c4ccc(-c5cc6ccccc6cn5)cc4)c4ccc5cc(-c6ncnc7c6sc6ncccc67)ccc5c4)cc3)ncc2c1. The van der Waals surface area contributed by atoms with Crippen LogP contribution in [0.4, 0.5) is 17.1 Å². The Morgan fingerprint density at radius 3 is 1.62 bits per heavy atom. The third kappa shape index (κ3) is 5.61. The summed E-state index contributed by atoms with van der Waals surface area (Å²) in [4.78, 5) is 26.8. The quantitative estimate of drug-likeness (QED) is 0.169. The van der Waals surface area contributed by atoms with E-state index in [0.717, 1.165) is 92.8 Å². The average molecular weight is 735 g/mol. The van der Waals surface area contributed by atoms with Crippen LogP contribution in [0.15, 0.2) is 183 Å². The molecule has 0 saturated heterocycles. The highest BCUT2D eigenvalue weighted by molar-refractivity contribution is 7.25. The fourth-order valence-electron chi connectivity index (χ4n) is 7.63. The molecule has 0 bridgehead atoms. The summed E-state index contributed by atoms with van der Waals surface area (Å²) in [6.45, 7) is 0. The number of benzene rings is 6. The van der Waals surface area contributed by atoms with Crippen LogP contribution in [-0.4, -0.2) is 24.9 Å². The Labute approximate surface area is 326 Å². The minimum atomic E-state index is 0.924. The largest absolute Gasteiger partial charge is 0.310 e. The van der Waals surface area contributed by atoms with Crippen LogP contribution >= 0.6 is 11.3 Å². The van der Waals surface area contributed by atoms with Crippen molar-refractivity contribution in [1.29, 1.82) is 0 Å². The maximum absolute atomic E-state index is 4.79. The van der Waals surface area contributed by atoms with Gasteiger partial charge >= 0.3 is 0 Å². The molecule has 0 N–H and O–H groups in total. The minimum Gasteiger partial charge on any atom is -0.310 e. The van der Waals surface area contributed by atoms with Gasteiger partial charge in [-0.15, -0.1) is 11.3 Å². The lowest BCUT2D eigenvalue weighted by molar-refractivity contribution is 1.24. The zero-order valence-corrected chi connectivity index (χ0v) is 30.7. The van der Waals surface area contributed by atoms with E-state index in [1.54, 1.807) is 17.7 Å². The first-order valence-electron chi connectivity index (χ1n) is 18.4. The molecule has 0 unspecified atom stereocenters. The molecule has 11 aromatic rings. The standard InChI is InChI=1S/C49H30N6S/c1-3-8-38-28-51-44(26-33(38)6-1)31-13-18-40(19-14-31)55(41-20-15-32(16-21-41)45-27-34-7-2-4-9-39(34)29-52-45)42-22-17-35-24-37(12-11-36(35)25-42)46-48-47(54-30-53-46)43-10-5-23-50-49(43)56-48/h1-30H. The van der Waals surface area contributed by atoms with Crippen molar-refractivity contribution < 1.29 is 0 Å². The Morgan fingerprint density at radius 2 is 0.964 bits per heavy atom. The predicted molar refractivity (Wildman–Crippen MR) is 232 cm³/mol. The van der Waals surface area contributed by atoms with Crippen LogP contribution in [0.2, 0.25) is 0 Å². The number of fused-ring (bicyclic) bond motifs is 6. The van der Waals surface area contributed by atoms with Crippen molar-refractivity contribution in [1.82, 2.24) is 24.9 Å². The van der Waals surface area contributed by atoms with E-state index in [-0.39, 0.29) is 0 Å². The first-order valence-corrected chi connectivity index (χ1v) is 19.3. The third-order valence-corrected chi connectivity index (χ3v) is 11.6. The molecular formula is C49H30N6S. The third-order valence-electron chi connectivity index (χ3n) is 10.5. The number of nitrogens with zero attached hydrogens (tertiary/aromatic N) is 6. The second-order valence-electron chi connectivity index (χ2n) is 13.9. The maximum atomic E-state index is 4.79. The molecule has 6 nitrogen and oxygen atoms in total. The van der Waals surface area contributed by atoms with Gasteiger partial charge in [-0.25, -0.2) is 15.0 Å². The molecule has 0 amide bonds. The Balaban J connectivity index is 0.987. The highest BCUT2D eigenvalue weighted by Gasteiger charge is 2.17. The monoisotopic (exact) mass is 734 g/mol. The van der Waals surface area contributed by atoms with Gasteiger partial charge < -0.3 is 4.90 Å². The minimum absolute atomic E-state index is 0.924. The molecule has 0 saturated carbocycles. The first-order chi connectivity index (χ1) is 27.7. The molecule has 0 aliphatic heterocycles. The zero-order chi connectivity index (χ0) is 37.0. The lowest BCUT2D eigenvalue weighted by atomic mass is 10.0. The molecule has 0 fully saturated rings. The Morgan fingerprint density at radius 1 is 0.411 bits per heavy atom. The summed E-state index contributed by atoms with van der Waals surface area (Å²) in [6.07, 6.45) is 7.38. The number of hydrogen-bond donors (Lipinski definition) is 0. The van der Waals surface area contributed by atoms with E-state index in [2.05, 4.69) is 154 Å². The van der Waals surface area contributed by atoms with Gasteiger partial charge in [0.15, 0.2) is 0 Å². The molecule has 262 valence electrons. The number of rotatable bonds is 6. The van der Waals surface area contributed by atoms with Crippen LogP contribution in [0.5, 0.6) is 0 Å². The molecule has 5 heterocycles. The van der Waals surface area contributed by atoms with Gasteiger partial charge in [-0.3, -0.25) is 9.97 Å². The summed E-state index contributed by atoms with van der Waals surface area (Å²) >= 11 is 1.64. The van der Waals surface area contributed by atoms with E-state index in [0.29, 0.717) is 0 Å². The fourth-order valence-corrected chi connectivity index (χ4v) is 8.74. The highest BCUT2D eigenvalue weighted by atomic mass is 32.1. The Hall–Kier alpha value is -7.35. The van der Waals surface area contributed by atoms with Gasteiger partial charge in [-0.05, 0) is 88.3 Å². The van der Waals surface area contributed by atoms with E-state index in [1.165, 1.54) is 10.8 Å². The van der Waals surface area contributed by atoms with Crippen LogP contribution in [0, 0.1) is 0 Å². The van der Waals surface area contributed by atoms with E-state index >= 15 is 0 Å². The van der Waals surface area contributed by atoms with Crippen molar-refractivity contribution in [2.75, 3.05) is 4.90 Å². The molecule has 0 spiro atoms. The Kier molecular flexibility index (Phi) is 7.57. The summed E-state index contributed by atoms with van der Waals surface area (Å²) in [6, 6.07) is 55.6. The van der Waals surface area contributed by atoms with Crippen molar-refractivity contribution in [2.45, 2.75) is 0 Å². The van der Waals surface area contributed by atoms with E-state index in [1.807, 2.05) is 36.8 Å². The molecule has 6 aromatic carbocycles. The van der Waals surface area contributed by atoms with Gasteiger partial charge in [0, 0.05) is 68.5 Å². The summed E-state index contributed by atoms with van der Waals surface area (Å²) in [5.41, 5.74) is 10.1. The van der Waals surface area contributed by atoms with E-state index in [4.69, 9.17) is 15.0 Å². The first kappa shape index (κ1) is 32.1. The number of aromatic nitrogens is 5. The average Bonchev–Trinajstić information content (AvgIpc) is 3.66. The highest BCUT2D eigenvalue weighted by Crippen LogP contribution is 2.40. The van der Waals surface area contributed by atoms with Gasteiger partial charge in [0.2, 0.25) is 0 Å². The van der Waals surface area contributed by atoms with Crippen molar-refractivity contribution in [2.24, 2.45) is 0 Å². The maximum Gasteiger partial charge on any atom is 0.126 e. The molecule has 5 aromatic heterocycles. The van der Waals surface area contributed by atoms with E-state index in [9.17, 15) is 0 Å². The molecule has 0 aliphatic carbocycles. The van der Waals surface area contributed by atoms with Crippen LogP contribution in [0.1, 0.15) is 0 Å². The number of hydrogen-bond acceptors (Lipinski definition) is 7. The molecular weight excluding hydrogens is 705 g/mol. The number of thiophene rings is 1. The van der Waals surface area contributed by atoms with Crippen molar-refractivity contribution in [3.05, 3.63) is 183 Å². The lowest BCUT2D eigenvalue weighted by Crippen LogP contribution is -2.10. The smallest absolute Gasteiger partial charge is 0.126 e. The zero-order valence-electron chi connectivity index (χ0n) is 29.9. The van der Waals surface area contributed by atoms with Gasteiger partial charge in [0.05, 0.1) is 27.3 Å². The van der Waals surface area contributed by atoms with Crippen LogP contribution in [0.3, 0.4) is 0 Å². The normalized spacial score (nSPS) is 11.6. The van der Waals surface area contributed by atoms with Gasteiger partial charge in [-0.2, -0.15) is 0 Å².